The molecule has 0 aliphatic carbocycles. The lowest BCUT2D eigenvalue weighted by Gasteiger charge is -2.39. The van der Waals surface area contributed by atoms with Gasteiger partial charge in [-0.3, -0.25) is 9.48 Å². The lowest BCUT2D eigenvalue weighted by molar-refractivity contribution is 0.0801. The first kappa shape index (κ1) is 16.3. The zero-order valence-corrected chi connectivity index (χ0v) is 14.3. The molecule has 2 rings (SSSR count). The van der Waals surface area contributed by atoms with Crippen LogP contribution in [-0.4, -0.2) is 26.2 Å². The smallest absolute Gasteiger partial charge is 0.289 e. The van der Waals surface area contributed by atoms with Crippen molar-refractivity contribution in [3.63, 3.8) is 0 Å². The number of carbonyl (C=O) groups excluding carboxylic acids is 1. The molecule has 0 aliphatic rings. The van der Waals surface area contributed by atoms with Gasteiger partial charge in [-0.25, -0.2) is 4.98 Å². The number of aryl methyl sites for hydroxylation is 2. The largest absolute Gasteiger partial charge is 0.431 e. The standard InChI is InChI=1S/C16H24N4O2/c1-10-12(13(21)19-16(5,6)15(2,3)4)22-14(18-10)11-8-17-20(7)9-11/h8-9H,1-7H3,(H,19,21). The minimum Gasteiger partial charge on any atom is -0.431 e. The Hall–Kier alpha value is -2.11. The van der Waals surface area contributed by atoms with Crippen molar-refractivity contribution in [2.45, 2.75) is 47.1 Å². The first-order valence-corrected chi connectivity index (χ1v) is 7.30. The van der Waals surface area contributed by atoms with Gasteiger partial charge in [0.05, 0.1) is 17.5 Å². The molecule has 2 heterocycles. The zero-order valence-electron chi connectivity index (χ0n) is 14.3. The number of rotatable bonds is 3. The highest BCUT2D eigenvalue weighted by molar-refractivity contribution is 5.93. The normalized spacial score (nSPS) is 12.5. The summed E-state index contributed by atoms with van der Waals surface area (Å²) in [5.74, 6) is 0.403. The van der Waals surface area contributed by atoms with Crippen LogP contribution >= 0.6 is 0 Å². The van der Waals surface area contributed by atoms with Gasteiger partial charge in [0.15, 0.2) is 0 Å². The summed E-state index contributed by atoms with van der Waals surface area (Å²) in [6.07, 6.45) is 3.46. The van der Waals surface area contributed by atoms with Crippen LogP contribution in [0.5, 0.6) is 0 Å². The average Bonchev–Trinajstić information content (AvgIpc) is 2.93. The van der Waals surface area contributed by atoms with Crippen molar-refractivity contribution >= 4 is 5.91 Å². The molecule has 0 radical (unpaired) electrons. The topological polar surface area (TPSA) is 73.0 Å². The molecule has 0 aliphatic heterocycles. The van der Waals surface area contributed by atoms with Gasteiger partial charge in [0.2, 0.25) is 11.7 Å². The Morgan fingerprint density at radius 3 is 2.41 bits per heavy atom. The SMILES string of the molecule is Cc1nc(-c2cnn(C)c2)oc1C(=O)NC(C)(C)C(C)(C)C. The van der Waals surface area contributed by atoms with E-state index in [1.165, 1.54) is 0 Å². The molecule has 0 bridgehead atoms. The van der Waals surface area contributed by atoms with Gasteiger partial charge in [-0.2, -0.15) is 5.10 Å². The fraction of sp³-hybridized carbons (Fsp3) is 0.562. The lowest BCUT2D eigenvalue weighted by Crippen LogP contribution is -2.52. The molecule has 0 spiro atoms. The number of nitrogens with one attached hydrogen (secondary N) is 1. The van der Waals surface area contributed by atoms with Crippen LogP contribution in [0, 0.1) is 12.3 Å². The molecule has 0 fully saturated rings. The van der Waals surface area contributed by atoms with Crippen LogP contribution in [0.4, 0.5) is 0 Å². The molecule has 2 aromatic heterocycles. The van der Waals surface area contributed by atoms with Crippen molar-refractivity contribution in [1.82, 2.24) is 20.1 Å². The minimum atomic E-state index is -0.377. The van der Waals surface area contributed by atoms with Crippen molar-refractivity contribution in [1.29, 1.82) is 0 Å². The predicted octanol–water partition coefficient (Wildman–Crippen LogP) is 2.94. The van der Waals surface area contributed by atoms with Gasteiger partial charge in [0, 0.05) is 18.8 Å². The third-order valence-corrected chi connectivity index (χ3v) is 4.26. The van der Waals surface area contributed by atoms with Crippen molar-refractivity contribution in [3.8, 4) is 11.5 Å². The van der Waals surface area contributed by atoms with E-state index in [2.05, 4.69) is 36.2 Å². The van der Waals surface area contributed by atoms with Gasteiger partial charge >= 0.3 is 0 Å². The van der Waals surface area contributed by atoms with Crippen molar-refractivity contribution in [3.05, 3.63) is 23.8 Å². The number of hydrogen-bond donors (Lipinski definition) is 1. The first-order valence-electron chi connectivity index (χ1n) is 7.30. The van der Waals surface area contributed by atoms with Crippen LogP contribution in [0.3, 0.4) is 0 Å². The van der Waals surface area contributed by atoms with Crippen LogP contribution in [0.2, 0.25) is 0 Å². The summed E-state index contributed by atoms with van der Waals surface area (Å²) >= 11 is 0. The average molecular weight is 304 g/mol. The Morgan fingerprint density at radius 2 is 1.91 bits per heavy atom. The predicted molar refractivity (Wildman–Crippen MR) is 84.4 cm³/mol. The number of hydrogen-bond acceptors (Lipinski definition) is 4. The lowest BCUT2D eigenvalue weighted by atomic mass is 9.76. The Bertz CT molecular complexity index is 689. The van der Waals surface area contributed by atoms with E-state index >= 15 is 0 Å². The summed E-state index contributed by atoms with van der Waals surface area (Å²) < 4.78 is 7.32. The molecular weight excluding hydrogens is 280 g/mol. The van der Waals surface area contributed by atoms with E-state index in [4.69, 9.17) is 4.42 Å². The maximum atomic E-state index is 12.5. The third kappa shape index (κ3) is 3.05. The Balaban J connectivity index is 2.26. The monoisotopic (exact) mass is 304 g/mol. The highest BCUT2D eigenvalue weighted by atomic mass is 16.4. The van der Waals surface area contributed by atoms with Crippen molar-refractivity contribution in [2.75, 3.05) is 0 Å². The van der Waals surface area contributed by atoms with E-state index in [1.54, 1.807) is 24.0 Å². The van der Waals surface area contributed by atoms with Gasteiger partial charge in [0.25, 0.3) is 5.91 Å². The molecule has 0 atom stereocenters. The van der Waals surface area contributed by atoms with Crippen LogP contribution in [0.25, 0.3) is 11.5 Å². The molecular formula is C16H24N4O2. The molecule has 6 heteroatoms. The van der Waals surface area contributed by atoms with Crippen LogP contribution < -0.4 is 5.32 Å². The number of aromatic nitrogens is 3. The Labute approximate surface area is 130 Å². The maximum absolute atomic E-state index is 12.5. The molecule has 2 aromatic rings. The Kier molecular flexibility index (Phi) is 3.89. The van der Waals surface area contributed by atoms with E-state index in [0.717, 1.165) is 5.56 Å². The molecule has 22 heavy (non-hydrogen) atoms. The van der Waals surface area contributed by atoms with E-state index in [9.17, 15) is 4.79 Å². The van der Waals surface area contributed by atoms with E-state index < -0.39 is 0 Å². The number of nitrogens with zero attached hydrogens (tertiary/aromatic N) is 3. The molecule has 120 valence electrons. The molecule has 6 nitrogen and oxygen atoms in total. The Morgan fingerprint density at radius 1 is 1.27 bits per heavy atom. The summed E-state index contributed by atoms with van der Waals surface area (Å²) in [6.45, 7) is 12.0. The van der Waals surface area contributed by atoms with Gasteiger partial charge < -0.3 is 9.73 Å². The van der Waals surface area contributed by atoms with Gasteiger partial charge in [-0.1, -0.05) is 20.8 Å². The summed E-state index contributed by atoms with van der Waals surface area (Å²) in [4.78, 5) is 16.8. The second-order valence-corrected chi connectivity index (χ2v) is 7.17. The van der Waals surface area contributed by atoms with Gasteiger partial charge in [-0.15, -0.1) is 0 Å². The number of carbonyl (C=O) groups is 1. The second kappa shape index (κ2) is 5.26. The highest BCUT2D eigenvalue weighted by Crippen LogP contribution is 2.30. The summed E-state index contributed by atoms with van der Waals surface area (Å²) in [7, 11) is 1.82. The van der Waals surface area contributed by atoms with Gasteiger partial charge in [-0.05, 0) is 26.2 Å². The molecule has 0 unspecified atom stereocenters. The fourth-order valence-corrected chi connectivity index (χ4v) is 1.79. The van der Waals surface area contributed by atoms with Crippen LogP contribution in [0.15, 0.2) is 16.8 Å². The van der Waals surface area contributed by atoms with Crippen LogP contribution in [0.1, 0.15) is 50.9 Å². The fourth-order valence-electron chi connectivity index (χ4n) is 1.79. The molecule has 0 saturated carbocycles. The number of oxazole rings is 1. The molecule has 1 N–H and O–H groups in total. The quantitative estimate of drug-likeness (QED) is 0.946. The second-order valence-electron chi connectivity index (χ2n) is 7.17. The van der Waals surface area contributed by atoms with E-state index in [-0.39, 0.29) is 22.6 Å². The van der Waals surface area contributed by atoms with Crippen LogP contribution in [-0.2, 0) is 7.05 Å². The summed E-state index contributed by atoms with van der Waals surface area (Å²) in [5, 5.41) is 7.11. The van der Waals surface area contributed by atoms with E-state index in [0.29, 0.717) is 11.6 Å². The summed E-state index contributed by atoms with van der Waals surface area (Å²) in [6, 6.07) is 0. The minimum absolute atomic E-state index is 0.0806. The molecule has 0 saturated heterocycles. The zero-order chi connectivity index (χ0) is 16.7. The van der Waals surface area contributed by atoms with Crippen molar-refractivity contribution < 1.29 is 9.21 Å². The van der Waals surface area contributed by atoms with Crippen molar-refractivity contribution in [2.24, 2.45) is 12.5 Å². The molecule has 0 aromatic carbocycles. The van der Waals surface area contributed by atoms with Gasteiger partial charge in [0.1, 0.15) is 0 Å². The highest BCUT2D eigenvalue weighted by Gasteiger charge is 2.35. The third-order valence-electron chi connectivity index (χ3n) is 4.26. The summed E-state index contributed by atoms with van der Waals surface area (Å²) in [5.41, 5.74) is 0.862. The maximum Gasteiger partial charge on any atom is 0.289 e. The molecule has 1 amide bonds. The first-order chi connectivity index (χ1) is 10.0. The number of amides is 1. The van der Waals surface area contributed by atoms with E-state index in [1.807, 2.05) is 20.9 Å².